The summed E-state index contributed by atoms with van der Waals surface area (Å²) in [5.41, 5.74) is 1.12. The van der Waals surface area contributed by atoms with Crippen LogP contribution in [0.25, 0.3) is 0 Å². The van der Waals surface area contributed by atoms with E-state index in [1.54, 1.807) is 0 Å². The second-order valence-electron chi connectivity index (χ2n) is 5.51. The van der Waals surface area contributed by atoms with Crippen molar-refractivity contribution in [3.63, 3.8) is 0 Å². The lowest BCUT2D eigenvalue weighted by molar-refractivity contribution is 0.174. The first kappa shape index (κ1) is 13.7. The lowest BCUT2D eigenvalue weighted by Gasteiger charge is -2.17. The van der Waals surface area contributed by atoms with Crippen LogP contribution in [0.1, 0.15) is 24.9 Å². The molecule has 2 aliphatic heterocycles. The number of rotatable bonds is 4. The first-order chi connectivity index (χ1) is 9.53. The number of hydrogen-bond donors (Lipinski definition) is 1. The maximum Gasteiger partial charge on any atom is 0.231 e. The summed E-state index contributed by atoms with van der Waals surface area (Å²) >= 11 is 0. The Balaban J connectivity index is 1.58. The van der Waals surface area contributed by atoms with Gasteiger partial charge in [-0.1, -0.05) is 6.07 Å². The Morgan fingerprint density at radius 1 is 1.35 bits per heavy atom. The standard InChI is InChI=1S/C14H19NO4S/c1-10(15-7-11-4-5-20(16,17)8-11)12-2-3-13-14(6-12)19-9-18-13/h2-3,6,10-11,15H,4-5,7-9H2,1H3. The minimum Gasteiger partial charge on any atom is -0.454 e. The molecule has 1 fully saturated rings. The van der Waals surface area contributed by atoms with Gasteiger partial charge in [0.15, 0.2) is 21.3 Å². The molecule has 0 spiro atoms. The van der Waals surface area contributed by atoms with Gasteiger partial charge in [0.2, 0.25) is 6.79 Å². The van der Waals surface area contributed by atoms with Gasteiger partial charge < -0.3 is 14.8 Å². The highest BCUT2D eigenvalue weighted by molar-refractivity contribution is 7.91. The maximum atomic E-state index is 11.4. The number of hydrogen-bond acceptors (Lipinski definition) is 5. The number of nitrogens with one attached hydrogen (secondary N) is 1. The number of ether oxygens (including phenoxy) is 2. The summed E-state index contributed by atoms with van der Waals surface area (Å²) in [4.78, 5) is 0. The van der Waals surface area contributed by atoms with Gasteiger partial charge in [0.05, 0.1) is 11.5 Å². The van der Waals surface area contributed by atoms with E-state index < -0.39 is 9.84 Å². The molecular formula is C14H19NO4S. The van der Waals surface area contributed by atoms with Gasteiger partial charge in [0.1, 0.15) is 0 Å². The van der Waals surface area contributed by atoms with E-state index in [1.165, 1.54) is 0 Å². The van der Waals surface area contributed by atoms with Gasteiger partial charge in [-0.15, -0.1) is 0 Å². The second kappa shape index (κ2) is 5.26. The van der Waals surface area contributed by atoms with Crippen molar-refractivity contribution < 1.29 is 17.9 Å². The fourth-order valence-electron chi connectivity index (χ4n) is 2.68. The van der Waals surface area contributed by atoms with E-state index in [0.29, 0.717) is 11.5 Å². The third kappa shape index (κ3) is 2.91. The first-order valence-electron chi connectivity index (χ1n) is 6.87. The van der Waals surface area contributed by atoms with E-state index >= 15 is 0 Å². The van der Waals surface area contributed by atoms with Crippen molar-refractivity contribution in [1.82, 2.24) is 5.32 Å². The molecule has 1 aromatic carbocycles. The van der Waals surface area contributed by atoms with Crippen LogP contribution in [0.15, 0.2) is 18.2 Å². The first-order valence-corrected chi connectivity index (χ1v) is 8.69. The smallest absolute Gasteiger partial charge is 0.231 e. The lowest BCUT2D eigenvalue weighted by atomic mass is 10.1. The Morgan fingerprint density at radius 3 is 2.90 bits per heavy atom. The summed E-state index contributed by atoms with van der Waals surface area (Å²) in [6.07, 6.45) is 0.767. The van der Waals surface area contributed by atoms with Gasteiger partial charge in [-0.05, 0) is 43.5 Å². The summed E-state index contributed by atoms with van der Waals surface area (Å²) in [6.45, 7) is 3.08. The topological polar surface area (TPSA) is 64.6 Å². The molecule has 2 atom stereocenters. The molecule has 0 radical (unpaired) electrons. The molecule has 110 valence electrons. The molecule has 1 aromatic rings. The Hall–Kier alpha value is -1.27. The van der Waals surface area contributed by atoms with Gasteiger partial charge in [-0.2, -0.15) is 0 Å². The normalized spacial score (nSPS) is 24.8. The molecule has 0 bridgehead atoms. The molecule has 1 saturated heterocycles. The van der Waals surface area contributed by atoms with Crippen LogP contribution in [-0.2, 0) is 9.84 Å². The van der Waals surface area contributed by atoms with E-state index in [9.17, 15) is 8.42 Å². The molecule has 20 heavy (non-hydrogen) atoms. The molecule has 3 rings (SSSR count). The van der Waals surface area contributed by atoms with Gasteiger partial charge in [0.25, 0.3) is 0 Å². The van der Waals surface area contributed by atoms with Crippen molar-refractivity contribution in [3.05, 3.63) is 23.8 Å². The van der Waals surface area contributed by atoms with Crippen molar-refractivity contribution in [3.8, 4) is 11.5 Å². The fourth-order valence-corrected chi connectivity index (χ4v) is 4.54. The molecule has 6 heteroatoms. The largest absolute Gasteiger partial charge is 0.454 e. The van der Waals surface area contributed by atoms with Gasteiger partial charge >= 0.3 is 0 Å². The third-order valence-electron chi connectivity index (χ3n) is 3.94. The van der Waals surface area contributed by atoms with Crippen molar-refractivity contribution in [2.75, 3.05) is 24.8 Å². The van der Waals surface area contributed by atoms with Crippen LogP contribution in [0.2, 0.25) is 0 Å². The summed E-state index contributed by atoms with van der Waals surface area (Å²) in [6, 6.07) is 6.06. The molecule has 0 saturated carbocycles. The monoisotopic (exact) mass is 297 g/mol. The Bertz CT molecular complexity index is 599. The average Bonchev–Trinajstić information content (AvgIpc) is 3.01. The van der Waals surface area contributed by atoms with E-state index in [4.69, 9.17) is 9.47 Å². The molecule has 0 aliphatic carbocycles. The lowest BCUT2D eigenvalue weighted by Crippen LogP contribution is -2.26. The number of sulfone groups is 1. The highest BCUT2D eigenvalue weighted by Crippen LogP contribution is 2.34. The molecule has 2 heterocycles. The zero-order valence-corrected chi connectivity index (χ0v) is 12.3. The Labute approximate surface area is 119 Å². The van der Waals surface area contributed by atoms with Crippen molar-refractivity contribution in [2.24, 2.45) is 5.92 Å². The average molecular weight is 297 g/mol. The van der Waals surface area contributed by atoms with Crippen LogP contribution >= 0.6 is 0 Å². The van der Waals surface area contributed by atoms with Crippen LogP contribution in [-0.4, -0.2) is 33.3 Å². The van der Waals surface area contributed by atoms with E-state index in [-0.39, 0.29) is 18.8 Å². The highest BCUT2D eigenvalue weighted by atomic mass is 32.2. The molecule has 2 unspecified atom stereocenters. The van der Waals surface area contributed by atoms with E-state index in [2.05, 4.69) is 12.2 Å². The van der Waals surface area contributed by atoms with Crippen LogP contribution in [0.5, 0.6) is 11.5 Å². The summed E-state index contributed by atoms with van der Waals surface area (Å²) in [5, 5.41) is 3.41. The molecular weight excluding hydrogens is 278 g/mol. The number of fused-ring (bicyclic) bond motifs is 1. The molecule has 5 nitrogen and oxygen atoms in total. The molecule has 2 aliphatic rings. The quantitative estimate of drug-likeness (QED) is 0.912. The zero-order valence-electron chi connectivity index (χ0n) is 11.5. The Morgan fingerprint density at radius 2 is 2.15 bits per heavy atom. The van der Waals surface area contributed by atoms with Gasteiger partial charge in [-0.25, -0.2) is 8.42 Å². The summed E-state index contributed by atoms with van der Waals surface area (Å²) in [5.74, 6) is 2.44. The van der Waals surface area contributed by atoms with Crippen LogP contribution in [0.3, 0.4) is 0 Å². The van der Waals surface area contributed by atoms with Crippen molar-refractivity contribution in [2.45, 2.75) is 19.4 Å². The zero-order chi connectivity index (χ0) is 14.2. The fraction of sp³-hybridized carbons (Fsp3) is 0.571. The highest BCUT2D eigenvalue weighted by Gasteiger charge is 2.27. The minimum absolute atomic E-state index is 0.160. The third-order valence-corrected chi connectivity index (χ3v) is 5.77. The van der Waals surface area contributed by atoms with Crippen molar-refractivity contribution in [1.29, 1.82) is 0 Å². The molecule has 0 amide bonds. The Kier molecular flexibility index (Phi) is 3.60. The second-order valence-corrected chi connectivity index (χ2v) is 7.74. The van der Waals surface area contributed by atoms with Gasteiger partial charge in [0, 0.05) is 6.04 Å². The van der Waals surface area contributed by atoms with Crippen LogP contribution in [0.4, 0.5) is 0 Å². The predicted octanol–water partition coefficient (Wildman–Crippen LogP) is 1.50. The maximum absolute atomic E-state index is 11.4. The summed E-state index contributed by atoms with van der Waals surface area (Å²) in [7, 11) is -2.79. The summed E-state index contributed by atoms with van der Waals surface area (Å²) < 4.78 is 33.5. The van der Waals surface area contributed by atoms with E-state index in [0.717, 1.165) is 30.0 Å². The molecule has 1 N–H and O–H groups in total. The number of benzene rings is 1. The van der Waals surface area contributed by atoms with Gasteiger partial charge in [-0.3, -0.25) is 0 Å². The molecule has 0 aromatic heterocycles. The SMILES string of the molecule is CC(NCC1CCS(=O)(=O)C1)c1ccc2c(c1)OCO2. The van der Waals surface area contributed by atoms with E-state index in [1.807, 2.05) is 18.2 Å². The predicted molar refractivity (Wildman–Crippen MR) is 75.7 cm³/mol. The van der Waals surface area contributed by atoms with Crippen LogP contribution in [0, 0.1) is 5.92 Å². The minimum atomic E-state index is -2.79. The van der Waals surface area contributed by atoms with Crippen molar-refractivity contribution >= 4 is 9.84 Å². The van der Waals surface area contributed by atoms with Crippen LogP contribution < -0.4 is 14.8 Å².